The summed E-state index contributed by atoms with van der Waals surface area (Å²) in [6.45, 7) is 9.54. The summed E-state index contributed by atoms with van der Waals surface area (Å²) in [5.41, 5.74) is 15.4. The maximum Gasteiger partial charge on any atom is 0.137 e. The Hall–Kier alpha value is -6.38. The third-order valence-corrected chi connectivity index (χ3v) is 12.3. The molecule has 1 aliphatic rings. The van der Waals surface area contributed by atoms with E-state index >= 15 is 0 Å². The highest BCUT2D eigenvalue weighted by atomic mass is 16.3. The average Bonchev–Trinajstić information content (AvgIpc) is 3.60. The van der Waals surface area contributed by atoms with E-state index in [-0.39, 0.29) is 10.8 Å². The third kappa shape index (κ3) is 5.80. The molecule has 0 fully saturated rings. The predicted molar refractivity (Wildman–Crippen MR) is 238 cm³/mol. The van der Waals surface area contributed by atoms with Crippen molar-refractivity contribution in [2.24, 2.45) is 0 Å². The second kappa shape index (κ2) is 13.1. The SMILES string of the molecule is CC1(C)CCC(C)(C)c2cc3c(cc21)oc1cc(N(c2ccc(-c4ccccc4)cc2)c2cccc(-c4cccc5cccc(-c6ccccc6)c45)c2)ccc13. The van der Waals surface area contributed by atoms with Crippen molar-refractivity contribution in [3.8, 4) is 33.4 Å². The number of nitrogens with zero attached hydrogens (tertiary/aromatic N) is 1. The van der Waals surface area contributed by atoms with Crippen LogP contribution in [0.3, 0.4) is 0 Å². The first kappa shape index (κ1) is 34.1. The van der Waals surface area contributed by atoms with Gasteiger partial charge in [0.25, 0.3) is 0 Å². The van der Waals surface area contributed by atoms with E-state index in [0.717, 1.165) is 33.6 Å². The summed E-state index contributed by atoms with van der Waals surface area (Å²) < 4.78 is 6.79. The van der Waals surface area contributed by atoms with Crippen LogP contribution >= 0.6 is 0 Å². The van der Waals surface area contributed by atoms with Gasteiger partial charge in [0.15, 0.2) is 0 Å². The molecule has 0 saturated carbocycles. The second-order valence-electron chi connectivity index (χ2n) is 16.8. The van der Waals surface area contributed by atoms with Gasteiger partial charge in [0, 0.05) is 33.9 Å². The van der Waals surface area contributed by atoms with Crippen LogP contribution in [0.25, 0.3) is 66.1 Å². The molecule has 2 heteroatoms. The lowest BCUT2D eigenvalue weighted by atomic mass is 9.63. The van der Waals surface area contributed by atoms with E-state index in [0.29, 0.717) is 0 Å². The molecule has 8 aromatic carbocycles. The largest absolute Gasteiger partial charge is 0.456 e. The van der Waals surface area contributed by atoms with E-state index in [4.69, 9.17) is 4.42 Å². The van der Waals surface area contributed by atoms with Crippen LogP contribution in [0, 0.1) is 0 Å². The van der Waals surface area contributed by atoms with E-state index in [2.05, 4.69) is 209 Å². The molecule has 10 rings (SSSR count). The minimum atomic E-state index is 0.114. The van der Waals surface area contributed by atoms with Gasteiger partial charge in [-0.15, -0.1) is 0 Å². The van der Waals surface area contributed by atoms with E-state index < -0.39 is 0 Å². The highest BCUT2D eigenvalue weighted by Crippen LogP contribution is 2.49. The van der Waals surface area contributed by atoms with Gasteiger partial charge >= 0.3 is 0 Å². The quantitative estimate of drug-likeness (QED) is 0.170. The van der Waals surface area contributed by atoms with Crippen molar-refractivity contribution in [2.45, 2.75) is 51.4 Å². The molecule has 0 amide bonds. The molecule has 1 heterocycles. The lowest BCUT2D eigenvalue weighted by Crippen LogP contribution is -2.33. The van der Waals surface area contributed by atoms with Crippen molar-refractivity contribution in [1.29, 1.82) is 0 Å². The Bertz CT molecular complexity index is 2890. The fourth-order valence-corrected chi connectivity index (χ4v) is 9.10. The van der Waals surface area contributed by atoms with Crippen LogP contribution in [-0.4, -0.2) is 0 Å². The summed E-state index contributed by atoms with van der Waals surface area (Å²) >= 11 is 0. The molecule has 2 nitrogen and oxygen atoms in total. The molecular weight excluding hydrogens is 679 g/mol. The standard InChI is InChI=1S/C54H45NO/c1-53(2)30-31-54(3,4)49-35-51-47(34-48(49)53)46-29-28-43(33-50(46)56-51)55(41-26-24-37(25-27-41)36-14-7-5-8-15-36)42-21-11-20-40(32-42)45-23-13-19-39-18-12-22-44(52(39)45)38-16-9-6-10-17-38/h5-29,32-35H,30-31H2,1-4H3. The van der Waals surface area contributed by atoms with Gasteiger partial charge in [0.05, 0.1) is 0 Å². The van der Waals surface area contributed by atoms with Crippen LogP contribution in [0.1, 0.15) is 51.7 Å². The maximum absolute atomic E-state index is 6.79. The molecule has 272 valence electrons. The molecule has 0 radical (unpaired) electrons. The minimum absolute atomic E-state index is 0.114. The maximum atomic E-state index is 6.79. The Morgan fingerprint density at radius 2 is 0.946 bits per heavy atom. The van der Waals surface area contributed by atoms with Gasteiger partial charge < -0.3 is 9.32 Å². The first-order chi connectivity index (χ1) is 27.2. The lowest BCUT2D eigenvalue weighted by Gasteiger charge is -2.41. The van der Waals surface area contributed by atoms with Gasteiger partial charge in [-0.05, 0) is 127 Å². The van der Waals surface area contributed by atoms with Crippen LogP contribution in [0.2, 0.25) is 0 Å². The summed E-state index contributed by atoms with van der Waals surface area (Å²) in [4.78, 5) is 2.37. The molecule has 0 unspecified atom stereocenters. The minimum Gasteiger partial charge on any atom is -0.456 e. The summed E-state index contributed by atoms with van der Waals surface area (Å²) in [5.74, 6) is 0. The number of hydrogen-bond donors (Lipinski definition) is 0. The zero-order valence-electron chi connectivity index (χ0n) is 32.5. The van der Waals surface area contributed by atoms with E-state index in [1.165, 1.54) is 73.5 Å². The molecule has 0 atom stereocenters. The fraction of sp³-hybridized carbons (Fsp3) is 0.148. The number of anilines is 3. The van der Waals surface area contributed by atoms with Crippen molar-refractivity contribution >= 4 is 49.8 Å². The molecule has 9 aromatic rings. The van der Waals surface area contributed by atoms with E-state index in [1.807, 2.05) is 0 Å². The first-order valence-corrected chi connectivity index (χ1v) is 19.9. The number of fused-ring (bicyclic) bond motifs is 5. The van der Waals surface area contributed by atoms with E-state index in [1.54, 1.807) is 0 Å². The van der Waals surface area contributed by atoms with Crippen molar-refractivity contribution < 1.29 is 4.42 Å². The average molecular weight is 724 g/mol. The van der Waals surface area contributed by atoms with Gasteiger partial charge in [-0.3, -0.25) is 0 Å². The molecule has 1 aliphatic carbocycles. The van der Waals surface area contributed by atoms with Gasteiger partial charge in [0.1, 0.15) is 11.2 Å². The topological polar surface area (TPSA) is 16.4 Å². The number of furan rings is 1. The lowest BCUT2D eigenvalue weighted by molar-refractivity contribution is 0.332. The first-order valence-electron chi connectivity index (χ1n) is 19.9. The fourth-order valence-electron chi connectivity index (χ4n) is 9.10. The zero-order valence-corrected chi connectivity index (χ0v) is 32.5. The highest BCUT2D eigenvalue weighted by molar-refractivity contribution is 6.08. The molecule has 0 spiro atoms. The van der Waals surface area contributed by atoms with Crippen LogP contribution in [0.15, 0.2) is 180 Å². The zero-order chi connectivity index (χ0) is 38.0. The number of rotatable bonds is 6. The number of hydrogen-bond acceptors (Lipinski definition) is 2. The van der Waals surface area contributed by atoms with Crippen LogP contribution in [-0.2, 0) is 10.8 Å². The summed E-state index contributed by atoms with van der Waals surface area (Å²) in [6, 6.07) is 64.0. The molecule has 1 aromatic heterocycles. The molecule has 0 N–H and O–H groups in total. The predicted octanol–water partition coefficient (Wildman–Crippen LogP) is 15.6. The molecule has 0 aliphatic heterocycles. The third-order valence-electron chi connectivity index (χ3n) is 12.3. The highest BCUT2D eigenvalue weighted by Gasteiger charge is 2.37. The van der Waals surface area contributed by atoms with E-state index in [9.17, 15) is 0 Å². The Morgan fingerprint density at radius 3 is 1.64 bits per heavy atom. The normalized spacial score (nSPS) is 14.6. The molecule has 56 heavy (non-hydrogen) atoms. The van der Waals surface area contributed by atoms with Gasteiger partial charge in [0.2, 0.25) is 0 Å². The summed E-state index contributed by atoms with van der Waals surface area (Å²) in [5, 5.41) is 4.84. The number of benzene rings is 8. The second-order valence-corrected chi connectivity index (χ2v) is 16.8. The summed E-state index contributed by atoms with van der Waals surface area (Å²) in [6.07, 6.45) is 2.36. The van der Waals surface area contributed by atoms with Crippen molar-refractivity contribution in [2.75, 3.05) is 4.90 Å². The Labute approximate surface area is 329 Å². The van der Waals surface area contributed by atoms with Crippen molar-refractivity contribution in [1.82, 2.24) is 0 Å². The summed E-state index contributed by atoms with van der Waals surface area (Å²) in [7, 11) is 0. The van der Waals surface area contributed by atoms with Crippen LogP contribution in [0.4, 0.5) is 17.1 Å². The smallest absolute Gasteiger partial charge is 0.137 e. The molecule has 0 saturated heterocycles. The Balaban J connectivity index is 1.14. The monoisotopic (exact) mass is 723 g/mol. The van der Waals surface area contributed by atoms with Gasteiger partial charge in [-0.1, -0.05) is 149 Å². The van der Waals surface area contributed by atoms with Crippen LogP contribution in [0.5, 0.6) is 0 Å². The van der Waals surface area contributed by atoms with Crippen molar-refractivity contribution in [3.05, 3.63) is 187 Å². The Morgan fingerprint density at radius 1 is 0.411 bits per heavy atom. The molecule has 0 bridgehead atoms. The van der Waals surface area contributed by atoms with Crippen molar-refractivity contribution in [3.63, 3.8) is 0 Å². The van der Waals surface area contributed by atoms with Crippen LogP contribution < -0.4 is 4.90 Å². The van der Waals surface area contributed by atoms with Gasteiger partial charge in [-0.2, -0.15) is 0 Å². The van der Waals surface area contributed by atoms with Gasteiger partial charge in [-0.25, -0.2) is 0 Å². The molecular formula is C54H45NO. The Kier molecular flexibility index (Phi) is 8.01.